The summed E-state index contributed by atoms with van der Waals surface area (Å²) in [5.41, 5.74) is 3.36. The number of halogens is 2. The topological polar surface area (TPSA) is 24.9 Å². The minimum Gasteiger partial charge on any atom is -0.384 e. The maximum absolute atomic E-state index is 6.02. The predicted octanol–water partition coefficient (Wildman–Crippen LogP) is 5.98. The summed E-state index contributed by atoms with van der Waals surface area (Å²) in [6.45, 7) is 0.940. The lowest BCUT2D eigenvalue weighted by molar-refractivity contribution is 0.763. The van der Waals surface area contributed by atoms with Crippen molar-refractivity contribution in [2.45, 2.75) is 19.3 Å². The lowest BCUT2D eigenvalue weighted by atomic mass is 10.1. The fourth-order valence-electron chi connectivity index (χ4n) is 2.60. The summed E-state index contributed by atoms with van der Waals surface area (Å²) in [6.07, 6.45) is 5.14. The number of anilines is 1. The number of benzene rings is 2. The van der Waals surface area contributed by atoms with E-state index in [9.17, 15) is 0 Å². The molecule has 0 amide bonds. The van der Waals surface area contributed by atoms with E-state index < -0.39 is 0 Å². The van der Waals surface area contributed by atoms with Crippen molar-refractivity contribution in [3.63, 3.8) is 0 Å². The highest BCUT2D eigenvalue weighted by Gasteiger charge is 2.02. The SMILES string of the molecule is Clc1ccc(CCCCNc2ccnc3cc(Cl)ccc23)cc1. The van der Waals surface area contributed by atoms with Crippen LogP contribution in [-0.2, 0) is 6.42 Å². The molecule has 118 valence electrons. The van der Waals surface area contributed by atoms with Crippen LogP contribution in [0.5, 0.6) is 0 Å². The second kappa shape index (κ2) is 7.67. The van der Waals surface area contributed by atoms with Crippen LogP contribution < -0.4 is 5.32 Å². The molecule has 0 saturated carbocycles. The molecular formula is C19H18Cl2N2. The Labute approximate surface area is 146 Å². The third-order valence-corrected chi connectivity index (χ3v) is 4.31. The number of pyridine rings is 1. The van der Waals surface area contributed by atoms with Crippen LogP contribution in [0.1, 0.15) is 18.4 Å². The number of unbranched alkanes of at least 4 members (excludes halogenated alkanes) is 1. The van der Waals surface area contributed by atoms with E-state index in [1.807, 2.05) is 42.6 Å². The third-order valence-electron chi connectivity index (χ3n) is 3.83. The molecule has 0 bridgehead atoms. The highest BCUT2D eigenvalue weighted by Crippen LogP contribution is 2.24. The van der Waals surface area contributed by atoms with Gasteiger partial charge in [-0.25, -0.2) is 0 Å². The predicted molar refractivity (Wildman–Crippen MR) is 99.6 cm³/mol. The Balaban J connectivity index is 1.52. The Morgan fingerprint density at radius 3 is 2.48 bits per heavy atom. The smallest absolute Gasteiger partial charge is 0.0737 e. The molecule has 2 aromatic carbocycles. The zero-order valence-electron chi connectivity index (χ0n) is 12.7. The van der Waals surface area contributed by atoms with Gasteiger partial charge in [0.2, 0.25) is 0 Å². The number of nitrogens with zero attached hydrogens (tertiary/aromatic N) is 1. The van der Waals surface area contributed by atoms with Crippen LogP contribution in [0.3, 0.4) is 0 Å². The zero-order chi connectivity index (χ0) is 16.1. The van der Waals surface area contributed by atoms with E-state index in [-0.39, 0.29) is 0 Å². The van der Waals surface area contributed by atoms with Gasteiger partial charge in [0.25, 0.3) is 0 Å². The van der Waals surface area contributed by atoms with Crippen molar-refractivity contribution < 1.29 is 0 Å². The van der Waals surface area contributed by atoms with Crippen molar-refractivity contribution in [2.24, 2.45) is 0 Å². The summed E-state index contributed by atoms with van der Waals surface area (Å²) in [5.74, 6) is 0. The Kier molecular flexibility index (Phi) is 5.37. The van der Waals surface area contributed by atoms with Crippen molar-refractivity contribution in [3.05, 3.63) is 70.3 Å². The van der Waals surface area contributed by atoms with Crippen molar-refractivity contribution >= 4 is 39.8 Å². The zero-order valence-corrected chi connectivity index (χ0v) is 14.2. The first-order valence-electron chi connectivity index (χ1n) is 7.75. The molecule has 0 aliphatic heterocycles. The number of aryl methyl sites for hydroxylation is 1. The monoisotopic (exact) mass is 344 g/mol. The highest BCUT2D eigenvalue weighted by atomic mass is 35.5. The third kappa shape index (κ3) is 4.37. The summed E-state index contributed by atoms with van der Waals surface area (Å²) in [4.78, 5) is 4.36. The van der Waals surface area contributed by atoms with Gasteiger partial charge in [0.15, 0.2) is 0 Å². The molecule has 1 heterocycles. The van der Waals surface area contributed by atoms with E-state index in [0.717, 1.165) is 47.4 Å². The number of nitrogens with one attached hydrogen (secondary N) is 1. The van der Waals surface area contributed by atoms with E-state index in [0.29, 0.717) is 5.02 Å². The average Bonchev–Trinajstić information content (AvgIpc) is 2.56. The minimum atomic E-state index is 0.713. The van der Waals surface area contributed by atoms with E-state index in [1.165, 1.54) is 5.56 Å². The van der Waals surface area contributed by atoms with Gasteiger partial charge < -0.3 is 5.32 Å². The molecule has 0 aliphatic carbocycles. The number of hydrogen-bond donors (Lipinski definition) is 1. The van der Waals surface area contributed by atoms with Gasteiger partial charge in [-0.15, -0.1) is 0 Å². The van der Waals surface area contributed by atoms with Gasteiger partial charge in [-0.1, -0.05) is 35.3 Å². The molecule has 0 saturated heterocycles. The van der Waals surface area contributed by atoms with Crippen LogP contribution in [0.4, 0.5) is 5.69 Å². The molecule has 1 N–H and O–H groups in total. The van der Waals surface area contributed by atoms with Gasteiger partial charge in [0.1, 0.15) is 0 Å². The first-order chi connectivity index (χ1) is 11.2. The van der Waals surface area contributed by atoms with Crippen LogP contribution >= 0.6 is 23.2 Å². The van der Waals surface area contributed by atoms with Crippen molar-refractivity contribution in [1.82, 2.24) is 4.98 Å². The summed E-state index contributed by atoms with van der Waals surface area (Å²) in [5, 5.41) is 6.11. The van der Waals surface area contributed by atoms with Gasteiger partial charge in [0.05, 0.1) is 5.52 Å². The Bertz CT molecular complexity index is 785. The molecule has 0 radical (unpaired) electrons. The summed E-state index contributed by atoms with van der Waals surface area (Å²) < 4.78 is 0. The Morgan fingerprint density at radius 1 is 0.870 bits per heavy atom. The molecule has 1 aromatic heterocycles. The standard InChI is InChI=1S/C19H18Cl2N2/c20-15-6-4-14(5-7-15)3-1-2-11-22-18-10-12-23-19-13-16(21)8-9-17(18)19/h4-10,12-13H,1-3,11H2,(H,22,23). The van der Waals surface area contributed by atoms with E-state index in [1.54, 1.807) is 0 Å². The van der Waals surface area contributed by atoms with Crippen LogP contribution in [0.2, 0.25) is 10.0 Å². The normalized spacial score (nSPS) is 10.9. The van der Waals surface area contributed by atoms with Crippen molar-refractivity contribution in [1.29, 1.82) is 0 Å². The number of rotatable bonds is 6. The highest BCUT2D eigenvalue weighted by molar-refractivity contribution is 6.31. The molecule has 2 nitrogen and oxygen atoms in total. The fourth-order valence-corrected chi connectivity index (χ4v) is 2.90. The molecule has 3 rings (SSSR count). The lowest BCUT2D eigenvalue weighted by Gasteiger charge is -2.09. The molecule has 0 atom stereocenters. The largest absolute Gasteiger partial charge is 0.384 e. The van der Waals surface area contributed by atoms with Gasteiger partial charge in [-0.05, 0) is 61.2 Å². The molecule has 3 aromatic rings. The van der Waals surface area contributed by atoms with Gasteiger partial charge in [-0.3, -0.25) is 4.98 Å². The molecule has 23 heavy (non-hydrogen) atoms. The number of aromatic nitrogens is 1. The second-order valence-electron chi connectivity index (χ2n) is 5.53. The van der Waals surface area contributed by atoms with Gasteiger partial charge in [-0.2, -0.15) is 0 Å². The summed E-state index contributed by atoms with van der Waals surface area (Å²) in [6, 6.07) is 15.9. The quantitative estimate of drug-likeness (QED) is 0.556. The Hall–Kier alpha value is -1.77. The average molecular weight is 345 g/mol. The number of hydrogen-bond acceptors (Lipinski definition) is 2. The number of fused-ring (bicyclic) bond motifs is 1. The molecule has 0 fully saturated rings. The van der Waals surface area contributed by atoms with E-state index in [2.05, 4.69) is 22.4 Å². The van der Waals surface area contributed by atoms with Crippen molar-refractivity contribution in [3.8, 4) is 0 Å². The lowest BCUT2D eigenvalue weighted by Crippen LogP contribution is -2.03. The first-order valence-corrected chi connectivity index (χ1v) is 8.50. The van der Waals surface area contributed by atoms with Crippen LogP contribution in [-0.4, -0.2) is 11.5 Å². The van der Waals surface area contributed by atoms with Gasteiger partial charge in [0, 0.05) is 33.9 Å². The maximum atomic E-state index is 6.02. The van der Waals surface area contributed by atoms with E-state index >= 15 is 0 Å². The van der Waals surface area contributed by atoms with Crippen LogP contribution in [0, 0.1) is 0 Å². The first kappa shape index (κ1) is 16.1. The molecular weight excluding hydrogens is 327 g/mol. The summed E-state index contributed by atoms with van der Waals surface area (Å²) >= 11 is 11.9. The van der Waals surface area contributed by atoms with Gasteiger partial charge >= 0.3 is 0 Å². The molecule has 0 spiro atoms. The van der Waals surface area contributed by atoms with Crippen LogP contribution in [0.25, 0.3) is 10.9 Å². The molecule has 4 heteroatoms. The Morgan fingerprint density at radius 2 is 1.65 bits per heavy atom. The minimum absolute atomic E-state index is 0.713. The van der Waals surface area contributed by atoms with E-state index in [4.69, 9.17) is 23.2 Å². The maximum Gasteiger partial charge on any atom is 0.0737 e. The fraction of sp³-hybridized carbons (Fsp3) is 0.211. The van der Waals surface area contributed by atoms with Crippen molar-refractivity contribution in [2.75, 3.05) is 11.9 Å². The molecule has 0 unspecified atom stereocenters. The van der Waals surface area contributed by atoms with Crippen LogP contribution in [0.15, 0.2) is 54.7 Å². The summed E-state index contributed by atoms with van der Waals surface area (Å²) in [7, 11) is 0. The molecule has 0 aliphatic rings. The second-order valence-corrected chi connectivity index (χ2v) is 6.40.